The van der Waals surface area contributed by atoms with Gasteiger partial charge in [0, 0.05) is 5.56 Å². The van der Waals surface area contributed by atoms with Crippen molar-refractivity contribution in [1.82, 2.24) is 4.72 Å². The molecule has 0 heterocycles. The highest BCUT2D eigenvalue weighted by atomic mass is 32.2. The van der Waals surface area contributed by atoms with Crippen LogP contribution in [0.5, 0.6) is 0 Å². The highest BCUT2D eigenvalue weighted by molar-refractivity contribution is 7.92. The van der Waals surface area contributed by atoms with Gasteiger partial charge in [0.05, 0.1) is 15.5 Å². The lowest BCUT2D eigenvalue weighted by Crippen LogP contribution is -2.20. The molecule has 2 rings (SSSR count). The number of Topliss-reactive ketones (excluding diaryl/α,β-unsaturated/α-hetero) is 1. The summed E-state index contributed by atoms with van der Waals surface area (Å²) in [5.41, 5.74) is 0.855. The average molecular weight is 382 g/mol. The molecule has 0 spiro atoms. The van der Waals surface area contributed by atoms with Gasteiger partial charge >= 0.3 is 0 Å². The van der Waals surface area contributed by atoms with E-state index in [0.29, 0.717) is 5.56 Å². The van der Waals surface area contributed by atoms with E-state index >= 15 is 0 Å². The van der Waals surface area contributed by atoms with Gasteiger partial charge in [-0.2, -0.15) is 0 Å². The number of anilines is 1. The van der Waals surface area contributed by atoms with Crippen molar-refractivity contribution in [1.29, 1.82) is 0 Å². The minimum Gasteiger partial charge on any atom is -0.295 e. The summed E-state index contributed by atoms with van der Waals surface area (Å²) in [7, 11) is -6.41. The van der Waals surface area contributed by atoms with E-state index < -0.39 is 20.0 Å². The Morgan fingerprint density at radius 2 is 1.64 bits per heavy atom. The zero-order valence-electron chi connectivity index (χ0n) is 13.9. The smallest absolute Gasteiger partial charge is 0.261 e. The number of carbonyl (C=O) groups is 1. The Hall–Kier alpha value is -2.23. The number of aryl methyl sites for hydroxylation is 1. The minimum atomic E-state index is -3.97. The summed E-state index contributed by atoms with van der Waals surface area (Å²) in [6.07, 6.45) is 0. The summed E-state index contributed by atoms with van der Waals surface area (Å²) in [5.74, 6) is -0.255. The van der Waals surface area contributed by atoms with E-state index in [4.69, 9.17) is 0 Å². The first-order valence-electron chi connectivity index (χ1n) is 7.25. The Morgan fingerprint density at radius 1 is 0.960 bits per heavy atom. The van der Waals surface area contributed by atoms with Crippen molar-refractivity contribution in [3.05, 3.63) is 53.6 Å². The van der Waals surface area contributed by atoms with E-state index in [0.717, 1.165) is 0 Å². The number of benzene rings is 2. The Balaban J connectivity index is 2.44. The summed E-state index contributed by atoms with van der Waals surface area (Å²) in [5, 5.41) is 0. The number of sulfonamides is 2. The van der Waals surface area contributed by atoms with Gasteiger partial charge in [-0.15, -0.1) is 0 Å². The highest BCUT2D eigenvalue weighted by Gasteiger charge is 2.19. The molecule has 0 saturated carbocycles. The lowest BCUT2D eigenvalue weighted by molar-refractivity contribution is 0.101. The van der Waals surface area contributed by atoms with Gasteiger partial charge in [-0.1, -0.05) is 18.2 Å². The van der Waals surface area contributed by atoms with Gasteiger partial charge in [0.15, 0.2) is 5.78 Å². The Labute approximate surface area is 147 Å². The van der Waals surface area contributed by atoms with Crippen LogP contribution in [0.25, 0.3) is 0 Å². The predicted molar refractivity (Wildman–Crippen MR) is 94.7 cm³/mol. The molecule has 9 heteroatoms. The lowest BCUT2D eigenvalue weighted by atomic mass is 10.2. The van der Waals surface area contributed by atoms with Crippen molar-refractivity contribution in [2.24, 2.45) is 0 Å². The molecule has 0 amide bonds. The minimum absolute atomic E-state index is 0.0207. The third-order valence-corrected chi connectivity index (χ3v) is 6.48. The predicted octanol–water partition coefficient (Wildman–Crippen LogP) is 1.91. The monoisotopic (exact) mass is 382 g/mol. The lowest BCUT2D eigenvalue weighted by Gasteiger charge is -2.12. The van der Waals surface area contributed by atoms with Crippen LogP contribution < -0.4 is 9.44 Å². The fourth-order valence-corrected chi connectivity index (χ4v) is 4.25. The molecule has 0 aromatic heterocycles. The largest absolute Gasteiger partial charge is 0.295 e. The van der Waals surface area contributed by atoms with Gasteiger partial charge < -0.3 is 0 Å². The van der Waals surface area contributed by atoms with Crippen LogP contribution in [0.2, 0.25) is 0 Å². The van der Waals surface area contributed by atoms with E-state index in [1.54, 1.807) is 6.92 Å². The summed E-state index contributed by atoms with van der Waals surface area (Å²) < 4.78 is 53.5. The van der Waals surface area contributed by atoms with Crippen molar-refractivity contribution in [3.8, 4) is 0 Å². The SMILES string of the molecule is CNS(=O)(=O)c1cc(NS(=O)(=O)c2cccc(C(C)=O)c2)ccc1C. The fourth-order valence-electron chi connectivity index (χ4n) is 2.16. The van der Waals surface area contributed by atoms with Crippen LogP contribution in [-0.2, 0) is 20.0 Å². The summed E-state index contributed by atoms with van der Waals surface area (Å²) in [4.78, 5) is 11.3. The molecular formula is C16H18N2O5S2. The Bertz CT molecular complexity index is 1030. The van der Waals surface area contributed by atoms with Crippen molar-refractivity contribution < 1.29 is 21.6 Å². The van der Waals surface area contributed by atoms with E-state index in [1.807, 2.05) is 0 Å². The molecule has 25 heavy (non-hydrogen) atoms. The van der Waals surface area contributed by atoms with Crippen molar-refractivity contribution >= 4 is 31.5 Å². The fraction of sp³-hybridized carbons (Fsp3) is 0.188. The van der Waals surface area contributed by atoms with Gasteiger partial charge in [0.2, 0.25) is 10.0 Å². The van der Waals surface area contributed by atoms with Crippen LogP contribution >= 0.6 is 0 Å². The number of nitrogens with one attached hydrogen (secondary N) is 2. The number of hydrogen-bond donors (Lipinski definition) is 2. The Morgan fingerprint density at radius 3 is 2.24 bits per heavy atom. The number of rotatable bonds is 6. The van der Waals surface area contributed by atoms with Crippen molar-refractivity contribution in [3.63, 3.8) is 0 Å². The van der Waals surface area contributed by atoms with Crippen molar-refractivity contribution in [2.75, 3.05) is 11.8 Å². The molecule has 0 atom stereocenters. The number of carbonyl (C=O) groups excluding carboxylic acids is 1. The third-order valence-electron chi connectivity index (χ3n) is 3.55. The average Bonchev–Trinajstić information content (AvgIpc) is 2.56. The number of hydrogen-bond acceptors (Lipinski definition) is 5. The molecule has 0 radical (unpaired) electrons. The molecule has 2 aromatic carbocycles. The van der Waals surface area contributed by atoms with Crippen molar-refractivity contribution in [2.45, 2.75) is 23.6 Å². The van der Waals surface area contributed by atoms with Crippen LogP contribution in [0.15, 0.2) is 52.3 Å². The van der Waals surface area contributed by atoms with Crippen LogP contribution in [0.4, 0.5) is 5.69 Å². The molecule has 0 aliphatic rings. The first-order chi connectivity index (χ1) is 11.6. The third kappa shape index (κ3) is 4.25. The molecule has 0 bridgehead atoms. The van der Waals surface area contributed by atoms with Gasteiger partial charge in [0.1, 0.15) is 0 Å². The second kappa shape index (κ2) is 6.95. The first-order valence-corrected chi connectivity index (χ1v) is 10.2. The van der Waals surface area contributed by atoms with Gasteiger partial charge in [-0.25, -0.2) is 21.6 Å². The molecule has 0 fully saturated rings. The molecule has 7 nitrogen and oxygen atoms in total. The van der Waals surface area contributed by atoms with Crippen LogP contribution in [0, 0.1) is 6.92 Å². The molecule has 0 aliphatic heterocycles. The van der Waals surface area contributed by atoms with Gasteiger partial charge in [-0.3, -0.25) is 9.52 Å². The molecule has 2 aromatic rings. The quantitative estimate of drug-likeness (QED) is 0.742. The normalized spacial score (nSPS) is 12.0. The highest BCUT2D eigenvalue weighted by Crippen LogP contribution is 2.23. The molecule has 0 unspecified atom stereocenters. The molecule has 134 valence electrons. The molecule has 2 N–H and O–H groups in total. The van der Waals surface area contributed by atoms with E-state index in [9.17, 15) is 21.6 Å². The zero-order chi connectivity index (χ0) is 18.8. The zero-order valence-corrected chi connectivity index (χ0v) is 15.5. The first kappa shape index (κ1) is 19.1. The maximum absolute atomic E-state index is 12.5. The van der Waals surface area contributed by atoms with E-state index in [2.05, 4.69) is 9.44 Å². The van der Waals surface area contributed by atoms with Gasteiger partial charge in [0.25, 0.3) is 10.0 Å². The molecule has 0 aliphatic carbocycles. The van der Waals surface area contributed by atoms with E-state index in [1.165, 1.54) is 56.4 Å². The van der Waals surface area contributed by atoms with Crippen LogP contribution in [-0.4, -0.2) is 29.7 Å². The van der Waals surface area contributed by atoms with Gasteiger partial charge in [-0.05, 0) is 50.7 Å². The number of ketones is 1. The van der Waals surface area contributed by atoms with Crippen LogP contribution in [0.3, 0.4) is 0 Å². The Kier molecular flexibility index (Phi) is 5.31. The second-order valence-corrected chi connectivity index (χ2v) is 8.91. The molecule has 0 saturated heterocycles. The molecular weight excluding hydrogens is 364 g/mol. The standard InChI is InChI=1S/C16H18N2O5S2/c1-11-7-8-14(10-16(11)25(22,23)17-3)18-24(20,21)15-6-4-5-13(9-15)12(2)19/h4-10,17-18H,1-3H3. The van der Waals surface area contributed by atoms with E-state index in [-0.39, 0.29) is 26.8 Å². The summed E-state index contributed by atoms with van der Waals surface area (Å²) in [6, 6.07) is 9.83. The topological polar surface area (TPSA) is 109 Å². The summed E-state index contributed by atoms with van der Waals surface area (Å²) in [6.45, 7) is 2.95. The summed E-state index contributed by atoms with van der Waals surface area (Å²) >= 11 is 0. The van der Waals surface area contributed by atoms with Crippen LogP contribution in [0.1, 0.15) is 22.8 Å². The maximum atomic E-state index is 12.5. The maximum Gasteiger partial charge on any atom is 0.261 e. The second-order valence-electron chi connectivity index (χ2n) is 5.38.